The molecule has 0 bridgehead atoms. The van der Waals surface area contributed by atoms with Crippen LogP contribution in [-0.4, -0.2) is 10.2 Å². The zero-order valence-electron chi connectivity index (χ0n) is 5.82. The van der Waals surface area contributed by atoms with Crippen molar-refractivity contribution >= 4 is 28.4 Å². The predicted molar refractivity (Wildman–Crippen MR) is 48.0 cm³/mol. The summed E-state index contributed by atoms with van der Waals surface area (Å²) in [6.45, 7) is 2.11. The molecule has 0 N–H and O–H groups in total. The van der Waals surface area contributed by atoms with Crippen molar-refractivity contribution in [3.8, 4) is 0 Å². The summed E-state index contributed by atoms with van der Waals surface area (Å²) in [5.41, 5.74) is 0. The first-order chi connectivity index (χ1) is 4.31. The number of carbonyl (C=O) groups is 1. The lowest BCUT2D eigenvalue weighted by molar-refractivity contribution is -0.118. The van der Waals surface area contributed by atoms with Crippen LogP contribution in [-0.2, 0) is 4.79 Å². The highest BCUT2D eigenvalue weighted by Crippen LogP contribution is 1.99. The predicted octanol–water partition coefficient (Wildman–Crippen LogP) is 2.57. The molecule has 0 fully saturated rings. The number of rotatable bonds is 5. The highest BCUT2D eigenvalue weighted by atomic mass is 127. The molecule has 54 valence electrons. The molecule has 2 heteroatoms. The van der Waals surface area contributed by atoms with E-state index in [9.17, 15) is 4.79 Å². The van der Waals surface area contributed by atoms with Gasteiger partial charge in [-0.15, -0.1) is 0 Å². The van der Waals surface area contributed by atoms with E-state index in [2.05, 4.69) is 29.5 Å². The van der Waals surface area contributed by atoms with Gasteiger partial charge in [-0.1, -0.05) is 35.9 Å². The normalized spacial score (nSPS) is 9.56. The number of hydrogen-bond donors (Lipinski definition) is 0. The van der Waals surface area contributed by atoms with Crippen LogP contribution in [0.2, 0.25) is 0 Å². The molecule has 0 atom stereocenters. The molecule has 0 unspecified atom stereocenters. The van der Waals surface area contributed by atoms with E-state index in [4.69, 9.17) is 0 Å². The lowest BCUT2D eigenvalue weighted by Crippen LogP contribution is -1.96. The van der Waals surface area contributed by atoms with Gasteiger partial charge in [0, 0.05) is 17.3 Å². The SMILES string of the molecule is CCCCC(=O)CCI. The van der Waals surface area contributed by atoms with Gasteiger partial charge < -0.3 is 0 Å². The Morgan fingerprint density at radius 1 is 1.44 bits per heavy atom. The topological polar surface area (TPSA) is 17.1 Å². The molecule has 0 aliphatic heterocycles. The third-order valence-electron chi connectivity index (χ3n) is 1.18. The fraction of sp³-hybridized carbons (Fsp3) is 0.857. The Balaban J connectivity index is 3.06. The maximum absolute atomic E-state index is 10.8. The summed E-state index contributed by atoms with van der Waals surface area (Å²) in [6.07, 6.45) is 3.75. The van der Waals surface area contributed by atoms with Gasteiger partial charge in [0.2, 0.25) is 0 Å². The van der Waals surface area contributed by atoms with Gasteiger partial charge in [-0.3, -0.25) is 4.79 Å². The lowest BCUT2D eigenvalue weighted by atomic mass is 10.1. The van der Waals surface area contributed by atoms with E-state index >= 15 is 0 Å². The van der Waals surface area contributed by atoms with Crippen LogP contribution in [0, 0.1) is 0 Å². The van der Waals surface area contributed by atoms with Gasteiger partial charge in [-0.05, 0) is 6.42 Å². The molecule has 1 nitrogen and oxygen atoms in total. The van der Waals surface area contributed by atoms with Gasteiger partial charge in [0.25, 0.3) is 0 Å². The molecule has 0 aromatic carbocycles. The van der Waals surface area contributed by atoms with E-state index < -0.39 is 0 Å². The number of halogens is 1. The first-order valence-corrected chi connectivity index (χ1v) is 4.91. The van der Waals surface area contributed by atoms with E-state index in [-0.39, 0.29) is 0 Å². The summed E-state index contributed by atoms with van der Waals surface area (Å²) in [4.78, 5) is 10.8. The van der Waals surface area contributed by atoms with Crippen LogP contribution in [0.1, 0.15) is 32.6 Å². The third-order valence-corrected chi connectivity index (χ3v) is 1.72. The fourth-order valence-electron chi connectivity index (χ4n) is 0.604. The van der Waals surface area contributed by atoms with Crippen molar-refractivity contribution in [3.05, 3.63) is 0 Å². The Morgan fingerprint density at radius 2 is 2.11 bits per heavy atom. The largest absolute Gasteiger partial charge is 0.300 e. The zero-order chi connectivity index (χ0) is 7.11. The van der Waals surface area contributed by atoms with Crippen LogP contribution in [0.15, 0.2) is 0 Å². The molecule has 0 spiro atoms. The van der Waals surface area contributed by atoms with E-state index in [0.29, 0.717) is 5.78 Å². The van der Waals surface area contributed by atoms with Crippen molar-refractivity contribution < 1.29 is 4.79 Å². The number of ketones is 1. The molecule has 0 aromatic rings. The summed E-state index contributed by atoms with van der Waals surface area (Å²) in [5, 5.41) is 0. The minimum atomic E-state index is 0.422. The van der Waals surface area contributed by atoms with Crippen LogP contribution >= 0.6 is 22.6 Å². The highest BCUT2D eigenvalue weighted by Gasteiger charge is 1.97. The van der Waals surface area contributed by atoms with Crippen molar-refractivity contribution in [2.75, 3.05) is 4.43 Å². The Bertz CT molecular complexity index is 81.0. The molecule has 0 aliphatic carbocycles. The molecular formula is C7H13IO. The summed E-state index contributed by atoms with van der Waals surface area (Å²) in [6, 6.07) is 0. The molecule has 0 saturated heterocycles. The van der Waals surface area contributed by atoms with Crippen molar-refractivity contribution in [2.45, 2.75) is 32.6 Å². The minimum absolute atomic E-state index is 0.422. The maximum Gasteiger partial charge on any atom is 0.133 e. The second kappa shape index (κ2) is 6.52. The minimum Gasteiger partial charge on any atom is -0.300 e. The van der Waals surface area contributed by atoms with E-state index in [1.54, 1.807) is 0 Å². The number of unbranched alkanes of at least 4 members (excludes halogenated alkanes) is 1. The molecule has 0 aliphatic rings. The Morgan fingerprint density at radius 3 is 2.56 bits per heavy atom. The van der Waals surface area contributed by atoms with Gasteiger partial charge >= 0.3 is 0 Å². The van der Waals surface area contributed by atoms with Gasteiger partial charge in [-0.25, -0.2) is 0 Å². The summed E-state index contributed by atoms with van der Waals surface area (Å²) in [7, 11) is 0. The van der Waals surface area contributed by atoms with E-state index in [1.165, 1.54) is 0 Å². The fourth-order valence-corrected chi connectivity index (χ4v) is 1.21. The monoisotopic (exact) mass is 240 g/mol. The number of Topliss-reactive ketones (excluding diaryl/α,β-unsaturated/α-hetero) is 1. The van der Waals surface area contributed by atoms with Crippen LogP contribution in [0.3, 0.4) is 0 Å². The smallest absolute Gasteiger partial charge is 0.133 e. The van der Waals surface area contributed by atoms with Crippen molar-refractivity contribution in [3.63, 3.8) is 0 Å². The summed E-state index contributed by atoms with van der Waals surface area (Å²) >= 11 is 2.23. The zero-order valence-corrected chi connectivity index (χ0v) is 7.98. The molecule has 0 heterocycles. The average Bonchev–Trinajstić information content (AvgIpc) is 1.85. The molecule has 9 heavy (non-hydrogen) atoms. The number of carbonyl (C=O) groups excluding carboxylic acids is 1. The Hall–Kier alpha value is 0.400. The Kier molecular flexibility index (Phi) is 6.81. The maximum atomic E-state index is 10.8. The van der Waals surface area contributed by atoms with E-state index in [0.717, 1.165) is 30.1 Å². The summed E-state index contributed by atoms with van der Waals surface area (Å²) < 4.78 is 0.973. The second-order valence-corrected chi connectivity index (χ2v) is 3.16. The number of alkyl halides is 1. The third kappa shape index (κ3) is 6.28. The lowest BCUT2D eigenvalue weighted by Gasteiger charge is -1.93. The van der Waals surface area contributed by atoms with E-state index in [1.807, 2.05) is 0 Å². The van der Waals surface area contributed by atoms with Crippen LogP contribution < -0.4 is 0 Å². The standard InChI is InChI=1S/C7H13IO/c1-2-3-4-7(9)5-6-8/h2-6H2,1H3. The highest BCUT2D eigenvalue weighted by molar-refractivity contribution is 14.1. The Labute approximate surface area is 70.4 Å². The van der Waals surface area contributed by atoms with Crippen LogP contribution in [0.25, 0.3) is 0 Å². The average molecular weight is 240 g/mol. The first kappa shape index (κ1) is 9.40. The molecule has 0 saturated carbocycles. The van der Waals surface area contributed by atoms with Gasteiger partial charge in [0.05, 0.1) is 0 Å². The van der Waals surface area contributed by atoms with Gasteiger partial charge in [-0.2, -0.15) is 0 Å². The summed E-state index contributed by atoms with van der Waals surface area (Å²) in [5.74, 6) is 0.422. The second-order valence-electron chi connectivity index (χ2n) is 2.08. The molecule has 0 radical (unpaired) electrons. The molecular weight excluding hydrogens is 227 g/mol. The van der Waals surface area contributed by atoms with Crippen molar-refractivity contribution in [1.82, 2.24) is 0 Å². The quantitative estimate of drug-likeness (QED) is 0.533. The van der Waals surface area contributed by atoms with Gasteiger partial charge in [0.15, 0.2) is 0 Å². The van der Waals surface area contributed by atoms with Crippen LogP contribution in [0.4, 0.5) is 0 Å². The first-order valence-electron chi connectivity index (χ1n) is 3.39. The van der Waals surface area contributed by atoms with Crippen molar-refractivity contribution in [2.24, 2.45) is 0 Å². The van der Waals surface area contributed by atoms with Crippen LogP contribution in [0.5, 0.6) is 0 Å². The van der Waals surface area contributed by atoms with Gasteiger partial charge in [0.1, 0.15) is 5.78 Å². The van der Waals surface area contributed by atoms with Crippen molar-refractivity contribution in [1.29, 1.82) is 0 Å². The molecule has 0 rings (SSSR count). The molecule has 0 aromatic heterocycles. The molecule has 0 amide bonds. The number of hydrogen-bond acceptors (Lipinski definition) is 1.